The van der Waals surface area contributed by atoms with E-state index in [-0.39, 0.29) is 0 Å². The summed E-state index contributed by atoms with van der Waals surface area (Å²) in [6.07, 6.45) is 9.07. The first-order chi connectivity index (χ1) is 28.8. The number of para-hydroxylation sites is 2. The maximum absolute atomic E-state index is 6.57. The van der Waals surface area contributed by atoms with E-state index in [2.05, 4.69) is 198 Å². The number of hydrogen-bond donors (Lipinski definition) is 0. The minimum absolute atomic E-state index is 0.442. The van der Waals surface area contributed by atoms with Crippen LogP contribution in [0.5, 0.6) is 0 Å². The molecule has 0 N–H and O–H groups in total. The molecule has 0 unspecified atom stereocenters. The third-order valence-electron chi connectivity index (χ3n) is 13.0. The lowest BCUT2D eigenvalue weighted by Gasteiger charge is -2.31. The van der Waals surface area contributed by atoms with Crippen LogP contribution in [0.3, 0.4) is 0 Å². The molecular weight excluding hydrogens is 705 g/mol. The standard InChI is InChI=1S/C55H36N2O/c1-2-15-35(16-3-1)57-49-26-12-7-19-40(49)44-33-36(30-32-50(44)57)56(37-29-31-42-41-20-8-13-28-52(41)58-53(42)34-37)51-27-14-25-48-54(51)43-21-6-11-24-47(43)55(48)45-22-9-4-17-38(45)39-18-5-10-23-46(39)55/h2,4-34H,1,3H2. The van der Waals surface area contributed by atoms with Gasteiger partial charge in [0.2, 0.25) is 0 Å². The Bertz CT molecular complexity index is 3380. The Hall–Kier alpha value is -7.36. The van der Waals surface area contributed by atoms with E-state index in [0.717, 1.165) is 51.8 Å². The maximum atomic E-state index is 6.57. The predicted molar refractivity (Wildman–Crippen MR) is 240 cm³/mol. The van der Waals surface area contributed by atoms with Crippen molar-refractivity contribution in [2.45, 2.75) is 18.3 Å². The van der Waals surface area contributed by atoms with Crippen LogP contribution in [0, 0.1) is 0 Å². The second kappa shape index (κ2) is 11.8. The minimum atomic E-state index is -0.442. The van der Waals surface area contributed by atoms with Gasteiger partial charge in [0.1, 0.15) is 11.2 Å². The number of hydrogen-bond acceptors (Lipinski definition) is 2. The minimum Gasteiger partial charge on any atom is -0.456 e. The van der Waals surface area contributed by atoms with Gasteiger partial charge in [-0.2, -0.15) is 0 Å². The van der Waals surface area contributed by atoms with Gasteiger partial charge in [-0.05, 0) is 106 Å². The second-order valence-corrected chi connectivity index (χ2v) is 15.9. The molecule has 0 amide bonds. The lowest BCUT2D eigenvalue weighted by Crippen LogP contribution is -2.26. The monoisotopic (exact) mass is 740 g/mol. The number of benzene rings is 8. The number of fused-ring (bicyclic) bond motifs is 16. The Morgan fingerprint density at radius 3 is 1.88 bits per heavy atom. The molecule has 1 spiro atoms. The summed E-state index contributed by atoms with van der Waals surface area (Å²) < 4.78 is 9.01. The molecule has 8 aromatic carbocycles. The van der Waals surface area contributed by atoms with E-state index < -0.39 is 5.41 Å². The number of furan rings is 1. The largest absolute Gasteiger partial charge is 0.456 e. The van der Waals surface area contributed by atoms with Crippen molar-refractivity contribution < 1.29 is 4.42 Å². The molecule has 3 nitrogen and oxygen atoms in total. The fourth-order valence-electron chi connectivity index (χ4n) is 10.7. The highest BCUT2D eigenvalue weighted by Crippen LogP contribution is 2.64. The lowest BCUT2D eigenvalue weighted by molar-refractivity contribution is 0.669. The summed E-state index contributed by atoms with van der Waals surface area (Å²) in [7, 11) is 0. The van der Waals surface area contributed by atoms with Crippen LogP contribution in [-0.4, -0.2) is 4.57 Å². The number of rotatable bonds is 4. The van der Waals surface area contributed by atoms with Gasteiger partial charge in [-0.25, -0.2) is 0 Å². The van der Waals surface area contributed by atoms with Crippen LogP contribution in [0.2, 0.25) is 0 Å². The molecule has 0 aliphatic heterocycles. The van der Waals surface area contributed by atoms with Gasteiger partial charge in [-0.1, -0.05) is 133 Å². The molecule has 0 atom stereocenters. The van der Waals surface area contributed by atoms with E-state index >= 15 is 0 Å². The molecule has 0 saturated heterocycles. The highest BCUT2D eigenvalue weighted by atomic mass is 16.3. The fourth-order valence-corrected chi connectivity index (χ4v) is 10.7. The molecular formula is C55H36N2O. The number of anilines is 3. The van der Waals surface area contributed by atoms with E-state index in [1.165, 1.54) is 72.0 Å². The molecule has 0 radical (unpaired) electrons. The Morgan fingerprint density at radius 2 is 1.09 bits per heavy atom. The van der Waals surface area contributed by atoms with E-state index in [0.29, 0.717) is 0 Å². The molecule has 2 aromatic heterocycles. The molecule has 3 aliphatic carbocycles. The van der Waals surface area contributed by atoms with Crippen LogP contribution in [0.4, 0.5) is 17.1 Å². The average Bonchev–Trinajstić information content (AvgIpc) is 4.00. The van der Waals surface area contributed by atoms with Gasteiger partial charge in [-0.15, -0.1) is 0 Å². The zero-order valence-corrected chi connectivity index (χ0v) is 31.7. The predicted octanol–water partition coefficient (Wildman–Crippen LogP) is 14.7. The van der Waals surface area contributed by atoms with Crippen LogP contribution in [0.25, 0.3) is 71.7 Å². The van der Waals surface area contributed by atoms with Crippen molar-refractivity contribution in [3.05, 3.63) is 216 Å². The Kier molecular flexibility index (Phi) is 6.49. The quantitative estimate of drug-likeness (QED) is 0.179. The van der Waals surface area contributed by atoms with Crippen molar-refractivity contribution in [1.29, 1.82) is 0 Å². The number of aromatic nitrogens is 1. The van der Waals surface area contributed by atoms with Crippen molar-refractivity contribution in [2.75, 3.05) is 4.90 Å². The van der Waals surface area contributed by atoms with Gasteiger partial charge in [0.15, 0.2) is 0 Å². The van der Waals surface area contributed by atoms with Gasteiger partial charge in [0, 0.05) is 50.2 Å². The zero-order valence-electron chi connectivity index (χ0n) is 31.7. The van der Waals surface area contributed by atoms with Gasteiger partial charge in [0.25, 0.3) is 0 Å². The van der Waals surface area contributed by atoms with Crippen LogP contribution < -0.4 is 4.90 Å². The van der Waals surface area contributed by atoms with Gasteiger partial charge >= 0.3 is 0 Å². The highest BCUT2D eigenvalue weighted by molar-refractivity contribution is 6.13. The number of allylic oxidation sites excluding steroid dienone is 4. The summed E-state index contributed by atoms with van der Waals surface area (Å²) >= 11 is 0. The van der Waals surface area contributed by atoms with Crippen molar-refractivity contribution in [1.82, 2.24) is 4.57 Å². The highest BCUT2D eigenvalue weighted by Gasteiger charge is 2.52. The molecule has 0 bridgehead atoms. The van der Waals surface area contributed by atoms with E-state index in [1.807, 2.05) is 6.07 Å². The summed E-state index contributed by atoms with van der Waals surface area (Å²) in [5.41, 5.74) is 18.7. The molecule has 0 saturated carbocycles. The van der Waals surface area contributed by atoms with Crippen molar-refractivity contribution in [3.63, 3.8) is 0 Å². The van der Waals surface area contributed by atoms with Crippen LogP contribution in [0.1, 0.15) is 35.1 Å². The Labute approximate surface area is 336 Å². The summed E-state index contributed by atoms with van der Waals surface area (Å²) in [6.45, 7) is 0. The lowest BCUT2D eigenvalue weighted by atomic mass is 9.70. The smallest absolute Gasteiger partial charge is 0.137 e. The molecule has 10 aromatic rings. The van der Waals surface area contributed by atoms with Crippen LogP contribution in [0.15, 0.2) is 199 Å². The van der Waals surface area contributed by atoms with Crippen molar-refractivity contribution in [2.24, 2.45) is 0 Å². The molecule has 0 fully saturated rings. The van der Waals surface area contributed by atoms with E-state index in [9.17, 15) is 0 Å². The first kappa shape index (κ1) is 31.8. The first-order valence-corrected chi connectivity index (χ1v) is 20.3. The fraction of sp³-hybridized carbons (Fsp3) is 0.0545. The SMILES string of the molecule is C1=CC(n2c3ccccc3c3cc(N(c4ccc5c(c4)oc4ccccc45)c4cccc5c4-c4ccccc4C54c5ccccc5-c5ccccc54)ccc32)=CCC1. The Morgan fingerprint density at radius 1 is 0.466 bits per heavy atom. The first-order valence-electron chi connectivity index (χ1n) is 20.3. The third-order valence-corrected chi connectivity index (χ3v) is 13.0. The normalized spacial score (nSPS) is 14.6. The molecule has 13 rings (SSSR count). The maximum Gasteiger partial charge on any atom is 0.137 e. The van der Waals surface area contributed by atoms with Crippen LogP contribution in [-0.2, 0) is 5.41 Å². The number of nitrogens with zero attached hydrogens (tertiary/aromatic N) is 2. The topological polar surface area (TPSA) is 21.3 Å². The van der Waals surface area contributed by atoms with Gasteiger partial charge in [-0.3, -0.25) is 0 Å². The van der Waals surface area contributed by atoms with Crippen LogP contribution >= 0.6 is 0 Å². The zero-order chi connectivity index (χ0) is 38.0. The van der Waals surface area contributed by atoms with Gasteiger partial charge < -0.3 is 13.9 Å². The molecule has 3 heteroatoms. The third kappa shape index (κ3) is 4.12. The molecule has 2 heterocycles. The summed E-state index contributed by atoms with van der Waals surface area (Å²) in [5, 5.41) is 4.72. The van der Waals surface area contributed by atoms with Crippen molar-refractivity contribution >= 4 is 66.5 Å². The molecule has 3 aliphatic rings. The van der Waals surface area contributed by atoms with Gasteiger partial charge in [0.05, 0.1) is 22.1 Å². The summed E-state index contributed by atoms with van der Waals surface area (Å²) in [6, 6.07) is 65.1. The average molecular weight is 741 g/mol. The molecule has 58 heavy (non-hydrogen) atoms. The Balaban J connectivity index is 1.12. The summed E-state index contributed by atoms with van der Waals surface area (Å²) in [5.74, 6) is 0. The van der Waals surface area contributed by atoms with E-state index in [1.54, 1.807) is 0 Å². The van der Waals surface area contributed by atoms with E-state index in [4.69, 9.17) is 4.42 Å². The summed E-state index contributed by atoms with van der Waals surface area (Å²) in [4.78, 5) is 2.47. The van der Waals surface area contributed by atoms with Crippen molar-refractivity contribution in [3.8, 4) is 22.3 Å². The molecule has 272 valence electrons. The second-order valence-electron chi connectivity index (χ2n) is 15.9.